The van der Waals surface area contributed by atoms with Crippen LogP contribution < -0.4 is 5.73 Å². The molecule has 2 nitrogen and oxygen atoms in total. The molecular weight excluding hydrogens is 172 g/mol. The predicted octanol–water partition coefficient (Wildman–Crippen LogP) is 2.19. The molecule has 1 saturated carbocycles. The number of rotatable bonds is 3. The maximum Gasteiger partial charge on any atom is 0.125 e. The van der Waals surface area contributed by atoms with Crippen molar-refractivity contribution in [2.45, 2.75) is 25.8 Å². The van der Waals surface area contributed by atoms with Gasteiger partial charge in [-0.05, 0) is 12.3 Å². The van der Waals surface area contributed by atoms with E-state index in [1.807, 2.05) is 30.3 Å². The number of hydrogen-bond donors (Lipinski definition) is 1. The monoisotopic (exact) mass is 188 g/mol. The first-order valence-electron chi connectivity index (χ1n) is 5.20. The molecule has 2 rings (SSSR count). The third-order valence-corrected chi connectivity index (χ3v) is 2.78. The highest BCUT2D eigenvalue weighted by atomic mass is 14.9. The van der Waals surface area contributed by atoms with Crippen LogP contribution in [-0.4, -0.2) is 11.9 Å². The van der Waals surface area contributed by atoms with Gasteiger partial charge in [0.25, 0.3) is 0 Å². The van der Waals surface area contributed by atoms with E-state index >= 15 is 0 Å². The Bertz CT molecular complexity index is 329. The summed E-state index contributed by atoms with van der Waals surface area (Å²) in [4.78, 5) is 4.51. The summed E-state index contributed by atoms with van der Waals surface area (Å²) in [7, 11) is 0. The highest BCUT2D eigenvalue weighted by Crippen LogP contribution is 2.36. The van der Waals surface area contributed by atoms with Crippen LogP contribution in [0.5, 0.6) is 0 Å². The van der Waals surface area contributed by atoms with Crippen LogP contribution in [0.1, 0.15) is 25.3 Å². The SMILES string of the molecule is CCC1CC1N=C(N)c1ccccc1. The van der Waals surface area contributed by atoms with E-state index in [1.54, 1.807) is 0 Å². The summed E-state index contributed by atoms with van der Waals surface area (Å²) in [5.41, 5.74) is 6.94. The molecule has 0 aliphatic heterocycles. The van der Waals surface area contributed by atoms with Gasteiger partial charge in [0.2, 0.25) is 0 Å². The van der Waals surface area contributed by atoms with E-state index in [2.05, 4.69) is 11.9 Å². The molecule has 0 aromatic heterocycles. The summed E-state index contributed by atoms with van der Waals surface area (Å²) in [6.07, 6.45) is 2.43. The van der Waals surface area contributed by atoms with Crippen molar-refractivity contribution in [1.29, 1.82) is 0 Å². The van der Waals surface area contributed by atoms with E-state index in [4.69, 9.17) is 5.73 Å². The average Bonchev–Trinajstić information content (AvgIpc) is 2.98. The number of nitrogens with zero attached hydrogens (tertiary/aromatic N) is 1. The van der Waals surface area contributed by atoms with E-state index in [9.17, 15) is 0 Å². The van der Waals surface area contributed by atoms with Crippen LogP contribution >= 0.6 is 0 Å². The molecule has 1 aromatic rings. The smallest absolute Gasteiger partial charge is 0.125 e. The molecule has 1 aliphatic carbocycles. The number of amidine groups is 1. The van der Waals surface area contributed by atoms with Crippen molar-refractivity contribution in [1.82, 2.24) is 0 Å². The second-order valence-electron chi connectivity index (χ2n) is 3.85. The minimum Gasteiger partial charge on any atom is -0.383 e. The molecule has 14 heavy (non-hydrogen) atoms. The third kappa shape index (κ3) is 1.95. The lowest BCUT2D eigenvalue weighted by atomic mass is 10.2. The molecule has 0 spiro atoms. The van der Waals surface area contributed by atoms with Gasteiger partial charge in [0.1, 0.15) is 5.84 Å². The van der Waals surface area contributed by atoms with Crippen LogP contribution in [0.2, 0.25) is 0 Å². The fourth-order valence-corrected chi connectivity index (χ4v) is 1.69. The standard InChI is InChI=1S/C12H16N2/c1-2-9-8-11(9)14-12(13)10-6-4-3-5-7-10/h3-7,9,11H,2,8H2,1H3,(H2,13,14). The van der Waals surface area contributed by atoms with Crippen molar-refractivity contribution in [3.8, 4) is 0 Å². The van der Waals surface area contributed by atoms with Gasteiger partial charge in [0.05, 0.1) is 6.04 Å². The van der Waals surface area contributed by atoms with Crippen LogP contribution in [0.15, 0.2) is 35.3 Å². The quantitative estimate of drug-likeness (QED) is 0.573. The van der Waals surface area contributed by atoms with E-state index in [1.165, 1.54) is 12.8 Å². The van der Waals surface area contributed by atoms with Crippen molar-refractivity contribution >= 4 is 5.84 Å². The van der Waals surface area contributed by atoms with Gasteiger partial charge >= 0.3 is 0 Å². The van der Waals surface area contributed by atoms with Gasteiger partial charge in [0.15, 0.2) is 0 Å². The molecule has 0 amide bonds. The molecule has 0 radical (unpaired) electrons. The molecule has 2 N–H and O–H groups in total. The lowest BCUT2D eigenvalue weighted by Crippen LogP contribution is -2.14. The van der Waals surface area contributed by atoms with Crippen molar-refractivity contribution < 1.29 is 0 Å². The molecule has 1 aromatic carbocycles. The molecule has 0 bridgehead atoms. The maximum absolute atomic E-state index is 5.90. The fraction of sp³-hybridized carbons (Fsp3) is 0.417. The number of hydrogen-bond acceptors (Lipinski definition) is 1. The van der Waals surface area contributed by atoms with Crippen LogP contribution in [0.3, 0.4) is 0 Å². The van der Waals surface area contributed by atoms with E-state index < -0.39 is 0 Å². The Morgan fingerprint density at radius 2 is 2.14 bits per heavy atom. The molecule has 0 heterocycles. The molecule has 1 aliphatic rings. The molecule has 2 unspecified atom stereocenters. The summed E-state index contributed by atoms with van der Waals surface area (Å²) < 4.78 is 0. The van der Waals surface area contributed by atoms with Gasteiger partial charge in [-0.2, -0.15) is 0 Å². The average molecular weight is 188 g/mol. The molecule has 74 valence electrons. The third-order valence-electron chi connectivity index (χ3n) is 2.78. The Hall–Kier alpha value is -1.31. The number of benzene rings is 1. The Morgan fingerprint density at radius 1 is 1.43 bits per heavy atom. The Morgan fingerprint density at radius 3 is 2.71 bits per heavy atom. The molecule has 1 fully saturated rings. The van der Waals surface area contributed by atoms with Gasteiger partial charge in [-0.3, -0.25) is 4.99 Å². The molecule has 0 saturated heterocycles. The normalized spacial score (nSPS) is 26.2. The minimum absolute atomic E-state index is 0.486. The lowest BCUT2D eigenvalue weighted by molar-refractivity contribution is 0.759. The van der Waals surface area contributed by atoms with Crippen molar-refractivity contribution in [3.63, 3.8) is 0 Å². The zero-order valence-electron chi connectivity index (χ0n) is 8.48. The van der Waals surface area contributed by atoms with Crippen molar-refractivity contribution in [2.24, 2.45) is 16.6 Å². The zero-order valence-corrected chi connectivity index (χ0v) is 8.48. The maximum atomic E-state index is 5.90. The summed E-state index contributed by atoms with van der Waals surface area (Å²) in [6, 6.07) is 10.5. The van der Waals surface area contributed by atoms with Crippen LogP contribution in [0, 0.1) is 5.92 Å². The Kier molecular flexibility index (Phi) is 2.53. The second-order valence-corrected chi connectivity index (χ2v) is 3.85. The predicted molar refractivity (Wildman–Crippen MR) is 59.4 cm³/mol. The van der Waals surface area contributed by atoms with E-state index in [0.29, 0.717) is 11.9 Å². The molecular formula is C12H16N2. The highest BCUT2D eigenvalue weighted by molar-refractivity contribution is 5.97. The van der Waals surface area contributed by atoms with E-state index in [0.717, 1.165) is 11.5 Å². The van der Waals surface area contributed by atoms with Crippen LogP contribution in [0.4, 0.5) is 0 Å². The van der Waals surface area contributed by atoms with E-state index in [-0.39, 0.29) is 0 Å². The zero-order chi connectivity index (χ0) is 9.97. The first kappa shape index (κ1) is 9.25. The summed E-state index contributed by atoms with van der Waals surface area (Å²) in [6.45, 7) is 2.21. The number of aliphatic imine (C=N–C) groups is 1. The summed E-state index contributed by atoms with van der Waals surface area (Å²) in [5.74, 6) is 1.46. The van der Waals surface area contributed by atoms with Crippen molar-refractivity contribution in [3.05, 3.63) is 35.9 Å². The minimum atomic E-state index is 0.486. The van der Waals surface area contributed by atoms with Crippen molar-refractivity contribution in [2.75, 3.05) is 0 Å². The summed E-state index contributed by atoms with van der Waals surface area (Å²) >= 11 is 0. The van der Waals surface area contributed by atoms with Crippen LogP contribution in [0.25, 0.3) is 0 Å². The topological polar surface area (TPSA) is 38.4 Å². The molecule has 2 heteroatoms. The largest absolute Gasteiger partial charge is 0.383 e. The van der Waals surface area contributed by atoms with Gasteiger partial charge < -0.3 is 5.73 Å². The number of nitrogens with two attached hydrogens (primary N) is 1. The second kappa shape index (κ2) is 3.82. The first-order valence-corrected chi connectivity index (χ1v) is 5.20. The Balaban J connectivity index is 2.06. The highest BCUT2D eigenvalue weighted by Gasteiger charge is 2.35. The molecule has 2 atom stereocenters. The first-order chi connectivity index (χ1) is 6.81. The van der Waals surface area contributed by atoms with Gasteiger partial charge in [-0.25, -0.2) is 0 Å². The Labute approximate surface area is 84.9 Å². The van der Waals surface area contributed by atoms with Crippen LogP contribution in [-0.2, 0) is 0 Å². The fourth-order valence-electron chi connectivity index (χ4n) is 1.69. The van der Waals surface area contributed by atoms with Gasteiger partial charge in [0, 0.05) is 5.56 Å². The van der Waals surface area contributed by atoms with Gasteiger partial charge in [-0.1, -0.05) is 43.7 Å². The summed E-state index contributed by atoms with van der Waals surface area (Å²) in [5, 5.41) is 0. The van der Waals surface area contributed by atoms with Gasteiger partial charge in [-0.15, -0.1) is 0 Å². The lowest BCUT2D eigenvalue weighted by Gasteiger charge is -1.99.